The number of methoxy groups -OCH3 is 2. The van der Waals surface area contributed by atoms with Crippen LogP contribution in [0.4, 0.5) is 0 Å². The first-order chi connectivity index (χ1) is 6.62. The zero-order valence-corrected chi connectivity index (χ0v) is 9.91. The predicted octanol–water partition coefficient (Wildman–Crippen LogP) is 0.372. The lowest BCUT2D eigenvalue weighted by atomic mass is 10.4. The molecule has 0 amide bonds. The van der Waals surface area contributed by atoms with Gasteiger partial charge in [-0.15, -0.1) is 0 Å². The van der Waals surface area contributed by atoms with E-state index in [1.165, 1.54) is 0 Å². The smallest absolute Gasteiger partial charge is 0.102 e. The summed E-state index contributed by atoms with van der Waals surface area (Å²) in [7, 11) is 7.77. The summed E-state index contributed by atoms with van der Waals surface area (Å²) in [6.07, 6.45) is 0. The van der Waals surface area contributed by atoms with Crippen LogP contribution in [-0.2, 0) is 14.2 Å². The van der Waals surface area contributed by atoms with Crippen LogP contribution in [-0.4, -0.2) is 72.3 Å². The Balaban J connectivity index is 3.35. The summed E-state index contributed by atoms with van der Waals surface area (Å²) in [5.41, 5.74) is 0. The van der Waals surface area contributed by atoms with Crippen molar-refractivity contribution in [1.82, 2.24) is 0 Å². The summed E-state index contributed by atoms with van der Waals surface area (Å²) in [5.74, 6) is 0. The molecule has 0 N–H and O–H groups in total. The normalized spacial score (nSPS) is 12.0. The van der Waals surface area contributed by atoms with Crippen LogP contribution in [0.5, 0.6) is 0 Å². The molecule has 0 heterocycles. The molecule has 0 saturated carbocycles. The number of likely N-dealkylation sites (N-methyl/N-ethyl adjacent to an activating group) is 1. The van der Waals surface area contributed by atoms with Crippen molar-refractivity contribution in [3.8, 4) is 0 Å². The summed E-state index contributed by atoms with van der Waals surface area (Å²) in [6, 6.07) is 0. The Morgan fingerprint density at radius 3 is 1.93 bits per heavy atom. The highest BCUT2D eigenvalue weighted by Gasteiger charge is 2.13. The Morgan fingerprint density at radius 2 is 1.36 bits per heavy atom. The third kappa shape index (κ3) is 8.44. The third-order valence-electron chi connectivity index (χ3n) is 2.17. The first-order valence-corrected chi connectivity index (χ1v) is 5.00. The van der Waals surface area contributed by atoms with Crippen molar-refractivity contribution in [3.63, 3.8) is 0 Å². The molecule has 0 aromatic rings. The first-order valence-electron chi connectivity index (χ1n) is 5.00. The second-order valence-corrected chi connectivity index (χ2v) is 3.98. The van der Waals surface area contributed by atoms with E-state index in [4.69, 9.17) is 14.2 Å². The van der Waals surface area contributed by atoms with Gasteiger partial charge in [0, 0.05) is 14.2 Å². The largest absolute Gasteiger partial charge is 0.382 e. The lowest BCUT2D eigenvalue weighted by molar-refractivity contribution is -0.891. The Morgan fingerprint density at radius 1 is 0.786 bits per heavy atom. The fourth-order valence-corrected chi connectivity index (χ4v) is 1.01. The molecule has 4 nitrogen and oxygen atoms in total. The van der Waals surface area contributed by atoms with Crippen LogP contribution in [0.2, 0.25) is 0 Å². The van der Waals surface area contributed by atoms with Crippen LogP contribution in [0.25, 0.3) is 0 Å². The van der Waals surface area contributed by atoms with E-state index in [0.717, 1.165) is 30.8 Å². The Kier molecular flexibility index (Phi) is 8.08. The van der Waals surface area contributed by atoms with Crippen molar-refractivity contribution in [1.29, 1.82) is 0 Å². The minimum atomic E-state index is 0.672. The maximum Gasteiger partial charge on any atom is 0.102 e. The van der Waals surface area contributed by atoms with E-state index in [1.54, 1.807) is 14.2 Å². The van der Waals surface area contributed by atoms with Gasteiger partial charge in [-0.05, 0) is 0 Å². The highest BCUT2D eigenvalue weighted by atomic mass is 16.5. The van der Waals surface area contributed by atoms with E-state index in [9.17, 15) is 0 Å². The molecule has 4 heteroatoms. The van der Waals surface area contributed by atoms with Gasteiger partial charge in [0.25, 0.3) is 0 Å². The van der Waals surface area contributed by atoms with Gasteiger partial charge in [0.2, 0.25) is 0 Å². The van der Waals surface area contributed by atoms with Crippen LogP contribution < -0.4 is 0 Å². The van der Waals surface area contributed by atoms with Crippen molar-refractivity contribution in [2.75, 3.05) is 67.8 Å². The van der Waals surface area contributed by atoms with Gasteiger partial charge in [0.15, 0.2) is 0 Å². The lowest BCUT2D eigenvalue weighted by Crippen LogP contribution is -2.44. The second-order valence-electron chi connectivity index (χ2n) is 3.98. The van der Waals surface area contributed by atoms with E-state index in [1.807, 2.05) is 0 Å². The van der Waals surface area contributed by atoms with Gasteiger partial charge in [-0.3, -0.25) is 0 Å². The van der Waals surface area contributed by atoms with Gasteiger partial charge in [-0.2, -0.15) is 0 Å². The maximum atomic E-state index is 5.41. The molecule has 0 saturated heterocycles. The number of quaternary nitrogens is 1. The Hall–Kier alpha value is -0.160. The molecule has 0 fully saturated rings. The van der Waals surface area contributed by atoms with Crippen molar-refractivity contribution < 1.29 is 18.7 Å². The van der Waals surface area contributed by atoms with Gasteiger partial charge in [0.1, 0.15) is 13.1 Å². The molecule has 0 atom stereocenters. The molecular weight excluding hydrogens is 182 g/mol. The third-order valence-corrected chi connectivity index (χ3v) is 2.17. The van der Waals surface area contributed by atoms with E-state index in [2.05, 4.69) is 14.1 Å². The van der Waals surface area contributed by atoms with Gasteiger partial charge < -0.3 is 18.7 Å². The van der Waals surface area contributed by atoms with E-state index >= 15 is 0 Å². The van der Waals surface area contributed by atoms with Crippen LogP contribution in [0, 0.1) is 0 Å². The van der Waals surface area contributed by atoms with Gasteiger partial charge in [-0.1, -0.05) is 0 Å². The van der Waals surface area contributed by atoms with E-state index < -0.39 is 0 Å². The molecule has 0 rings (SSSR count). The summed E-state index contributed by atoms with van der Waals surface area (Å²) >= 11 is 0. The molecule has 86 valence electrons. The Bertz CT molecular complexity index is 129. The zero-order valence-electron chi connectivity index (χ0n) is 9.91. The van der Waals surface area contributed by atoms with E-state index in [0.29, 0.717) is 13.2 Å². The summed E-state index contributed by atoms with van der Waals surface area (Å²) < 4.78 is 16.3. The fraction of sp³-hybridized carbons (Fsp3) is 1.00. The van der Waals surface area contributed by atoms with Crippen LogP contribution >= 0.6 is 0 Å². The minimum Gasteiger partial charge on any atom is -0.382 e. The van der Waals surface area contributed by atoms with Crippen LogP contribution in [0.1, 0.15) is 0 Å². The highest BCUT2D eigenvalue weighted by Crippen LogP contribution is 1.96. The van der Waals surface area contributed by atoms with Crippen molar-refractivity contribution >= 4 is 0 Å². The summed E-state index contributed by atoms with van der Waals surface area (Å²) in [4.78, 5) is 0. The summed E-state index contributed by atoms with van der Waals surface area (Å²) in [6.45, 7) is 4.95. The van der Waals surface area contributed by atoms with Crippen molar-refractivity contribution in [2.24, 2.45) is 0 Å². The SMILES string of the molecule is COCCOCC[N+](C)(C)CCOC. The quantitative estimate of drug-likeness (QED) is 0.403. The van der Waals surface area contributed by atoms with E-state index in [-0.39, 0.29) is 0 Å². The average Bonchev–Trinajstić information content (AvgIpc) is 2.15. The predicted molar refractivity (Wildman–Crippen MR) is 56.4 cm³/mol. The van der Waals surface area contributed by atoms with Gasteiger partial charge >= 0.3 is 0 Å². The number of ether oxygens (including phenoxy) is 3. The lowest BCUT2D eigenvalue weighted by Gasteiger charge is -2.29. The molecule has 0 spiro atoms. The first kappa shape index (κ1) is 13.8. The molecule has 0 unspecified atom stereocenters. The van der Waals surface area contributed by atoms with Crippen LogP contribution in [0.3, 0.4) is 0 Å². The van der Waals surface area contributed by atoms with Crippen LogP contribution in [0.15, 0.2) is 0 Å². The molecule has 0 bridgehead atoms. The topological polar surface area (TPSA) is 27.7 Å². The molecular formula is C10H24NO3+. The van der Waals surface area contributed by atoms with Gasteiger partial charge in [0.05, 0.1) is 40.5 Å². The molecule has 14 heavy (non-hydrogen) atoms. The average molecular weight is 206 g/mol. The zero-order chi connectivity index (χ0) is 10.9. The number of hydrogen-bond donors (Lipinski definition) is 0. The number of nitrogens with zero attached hydrogens (tertiary/aromatic N) is 1. The molecule has 0 aliphatic heterocycles. The van der Waals surface area contributed by atoms with Gasteiger partial charge in [-0.25, -0.2) is 0 Å². The van der Waals surface area contributed by atoms with Crippen molar-refractivity contribution in [3.05, 3.63) is 0 Å². The standard InChI is InChI=1S/C10H24NO3/c1-11(2,5-7-12-3)6-8-14-10-9-13-4/h5-10H2,1-4H3/q+1. The highest BCUT2D eigenvalue weighted by molar-refractivity contribution is 4.35. The molecule has 0 aromatic heterocycles. The molecule has 0 aliphatic carbocycles. The Labute approximate surface area is 87.3 Å². The molecule has 0 radical (unpaired) electrons. The summed E-state index contributed by atoms with van der Waals surface area (Å²) in [5, 5.41) is 0. The number of hydrogen-bond acceptors (Lipinski definition) is 3. The fourth-order valence-electron chi connectivity index (χ4n) is 1.01. The molecule has 0 aliphatic rings. The van der Waals surface area contributed by atoms with Crippen molar-refractivity contribution in [2.45, 2.75) is 0 Å². The second kappa shape index (κ2) is 8.17. The molecule has 0 aromatic carbocycles. The number of rotatable bonds is 9. The maximum absolute atomic E-state index is 5.41. The monoisotopic (exact) mass is 206 g/mol. The minimum absolute atomic E-state index is 0.672.